The van der Waals surface area contributed by atoms with Crippen LogP contribution in [0.3, 0.4) is 0 Å². The highest BCUT2D eigenvalue weighted by molar-refractivity contribution is 5.26. The lowest BCUT2D eigenvalue weighted by Gasteiger charge is -2.31. The summed E-state index contributed by atoms with van der Waals surface area (Å²) >= 11 is 0. The number of hydrogen-bond acceptors (Lipinski definition) is 6. The molecule has 0 bridgehead atoms. The van der Waals surface area contributed by atoms with E-state index in [9.17, 15) is 0 Å². The normalized spacial score (nSPS) is 28.2. The summed E-state index contributed by atoms with van der Waals surface area (Å²) in [6.07, 6.45) is 6.06. The molecular formula is C14H22N4O2. The summed E-state index contributed by atoms with van der Waals surface area (Å²) in [4.78, 5) is 6.78. The van der Waals surface area contributed by atoms with Gasteiger partial charge < -0.3 is 19.5 Å². The minimum absolute atomic E-state index is 0.321. The first kappa shape index (κ1) is 12.6. The number of nitrogens with one attached hydrogen (secondary N) is 1. The summed E-state index contributed by atoms with van der Waals surface area (Å²) in [7, 11) is 0. The van der Waals surface area contributed by atoms with Crippen molar-refractivity contribution in [3.05, 3.63) is 5.82 Å². The minimum Gasteiger partial charge on any atom is -0.381 e. The fourth-order valence-electron chi connectivity index (χ4n) is 3.08. The van der Waals surface area contributed by atoms with Crippen molar-refractivity contribution in [1.82, 2.24) is 15.5 Å². The molecule has 1 N–H and O–H groups in total. The number of hydrogen-bond donors (Lipinski definition) is 1. The molecule has 110 valence electrons. The van der Waals surface area contributed by atoms with Gasteiger partial charge in [0.15, 0.2) is 5.82 Å². The first-order valence-corrected chi connectivity index (χ1v) is 7.81. The molecule has 6 heteroatoms. The fourth-order valence-corrected chi connectivity index (χ4v) is 3.08. The molecule has 0 amide bonds. The molecule has 3 heterocycles. The lowest BCUT2D eigenvalue weighted by atomic mass is 10.1. The molecule has 0 unspecified atom stereocenters. The van der Waals surface area contributed by atoms with Crippen LogP contribution in [-0.2, 0) is 4.74 Å². The highest BCUT2D eigenvalue weighted by Crippen LogP contribution is 2.27. The van der Waals surface area contributed by atoms with E-state index in [2.05, 4.69) is 20.4 Å². The topological polar surface area (TPSA) is 63.4 Å². The largest absolute Gasteiger partial charge is 0.381 e. The molecule has 3 aliphatic rings. The molecule has 1 aliphatic carbocycles. The van der Waals surface area contributed by atoms with E-state index < -0.39 is 0 Å². The Labute approximate surface area is 118 Å². The summed E-state index contributed by atoms with van der Waals surface area (Å²) in [5, 5.41) is 7.83. The quantitative estimate of drug-likeness (QED) is 0.895. The Morgan fingerprint density at radius 2 is 1.85 bits per heavy atom. The Hall–Kier alpha value is -1.14. The highest BCUT2D eigenvalue weighted by Gasteiger charge is 2.29. The number of nitrogens with zero attached hydrogens (tertiary/aromatic N) is 3. The van der Waals surface area contributed by atoms with Crippen molar-refractivity contribution in [1.29, 1.82) is 0 Å². The maximum atomic E-state index is 5.43. The van der Waals surface area contributed by atoms with Crippen LogP contribution in [-0.4, -0.2) is 48.5 Å². The van der Waals surface area contributed by atoms with E-state index in [1.165, 1.54) is 25.7 Å². The van der Waals surface area contributed by atoms with Crippen molar-refractivity contribution in [2.45, 2.75) is 50.1 Å². The van der Waals surface area contributed by atoms with Crippen LogP contribution in [0.1, 0.15) is 43.8 Å². The second kappa shape index (κ2) is 5.33. The van der Waals surface area contributed by atoms with Crippen LogP contribution in [0.25, 0.3) is 0 Å². The average Bonchev–Trinajstić information content (AvgIpc) is 2.98. The van der Waals surface area contributed by atoms with Crippen molar-refractivity contribution < 1.29 is 9.26 Å². The molecule has 0 radical (unpaired) electrons. The van der Waals surface area contributed by atoms with Gasteiger partial charge in [-0.05, 0) is 32.1 Å². The number of anilines is 1. The van der Waals surface area contributed by atoms with Gasteiger partial charge in [0.25, 0.3) is 0 Å². The zero-order valence-electron chi connectivity index (χ0n) is 11.8. The third kappa shape index (κ3) is 2.67. The number of rotatable bonds is 4. The van der Waals surface area contributed by atoms with Crippen molar-refractivity contribution in [3.8, 4) is 0 Å². The molecule has 0 spiro atoms. The van der Waals surface area contributed by atoms with Gasteiger partial charge in [0.2, 0.25) is 0 Å². The Morgan fingerprint density at radius 1 is 1.05 bits per heavy atom. The van der Waals surface area contributed by atoms with E-state index in [1.807, 2.05) is 0 Å². The number of ether oxygens (including phenoxy) is 1. The van der Waals surface area contributed by atoms with Gasteiger partial charge in [-0.2, -0.15) is 4.98 Å². The standard InChI is InChI=1S/C14H22N4O2/c1-2-11(1)15-12-3-6-18(7-4-12)14-16-13(17-20-14)10-5-8-19-9-10/h10-12,15H,1-9H2/t10-/m1/s1. The van der Waals surface area contributed by atoms with Crippen molar-refractivity contribution in [2.24, 2.45) is 0 Å². The monoisotopic (exact) mass is 278 g/mol. The van der Waals surface area contributed by atoms with Crippen LogP contribution in [0.2, 0.25) is 0 Å². The summed E-state index contributed by atoms with van der Waals surface area (Å²) in [6, 6.07) is 2.16. The van der Waals surface area contributed by atoms with Gasteiger partial charge in [-0.25, -0.2) is 0 Å². The maximum absolute atomic E-state index is 5.43. The predicted octanol–water partition coefficient (Wildman–Crippen LogP) is 1.29. The molecule has 2 saturated heterocycles. The first-order valence-electron chi connectivity index (χ1n) is 7.81. The molecule has 3 fully saturated rings. The zero-order chi connectivity index (χ0) is 13.4. The van der Waals surface area contributed by atoms with Gasteiger partial charge >= 0.3 is 6.01 Å². The summed E-state index contributed by atoms with van der Waals surface area (Å²) in [6.45, 7) is 3.56. The van der Waals surface area contributed by atoms with Crippen molar-refractivity contribution in [3.63, 3.8) is 0 Å². The third-order valence-corrected chi connectivity index (χ3v) is 4.54. The second-order valence-electron chi connectivity index (χ2n) is 6.20. The summed E-state index contributed by atoms with van der Waals surface area (Å²) < 4.78 is 10.8. The number of aromatic nitrogens is 2. The first-order chi connectivity index (χ1) is 9.88. The van der Waals surface area contributed by atoms with Gasteiger partial charge in [-0.1, -0.05) is 5.16 Å². The average molecular weight is 278 g/mol. The van der Waals surface area contributed by atoms with Gasteiger partial charge in [0.1, 0.15) is 0 Å². The van der Waals surface area contributed by atoms with Crippen LogP contribution in [0.15, 0.2) is 4.52 Å². The zero-order valence-corrected chi connectivity index (χ0v) is 11.8. The van der Waals surface area contributed by atoms with Gasteiger partial charge in [-0.3, -0.25) is 0 Å². The summed E-state index contributed by atoms with van der Waals surface area (Å²) in [5.74, 6) is 1.14. The Morgan fingerprint density at radius 3 is 2.55 bits per heavy atom. The van der Waals surface area contributed by atoms with E-state index >= 15 is 0 Å². The molecule has 20 heavy (non-hydrogen) atoms. The second-order valence-corrected chi connectivity index (χ2v) is 6.20. The molecular weight excluding hydrogens is 256 g/mol. The van der Waals surface area contributed by atoms with Crippen LogP contribution in [0.5, 0.6) is 0 Å². The predicted molar refractivity (Wildman–Crippen MR) is 73.9 cm³/mol. The van der Waals surface area contributed by atoms with Crippen LogP contribution >= 0.6 is 0 Å². The van der Waals surface area contributed by atoms with Gasteiger partial charge in [0.05, 0.1) is 6.61 Å². The van der Waals surface area contributed by atoms with Crippen LogP contribution < -0.4 is 10.2 Å². The van der Waals surface area contributed by atoms with Crippen molar-refractivity contribution >= 4 is 6.01 Å². The van der Waals surface area contributed by atoms with Gasteiger partial charge in [0, 0.05) is 37.7 Å². The summed E-state index contributed by atoms with van der Waals surface area (Å²) in [5.41, 5.74) is 0. The lowest BCUT2D eigenvalue weighted by Crippen LogP contribution is -2.43. The van der Waals surface area contributed by atoms with E-state index in [0.29, 0.717) is 18.0 Å². The molecule has 1 saturated carbocycles. The molecule has 1 atom stereocenters. The molecule has 1 aromatic heterocycles. The molecule has 0 aromatic carbocycles. The molecule has 6 nitrogen and oxygen atoms in total. The smallest absolute Gasteiger partial charge is 0.324 e. The van der Waals surface area contributed by atoms with E-state index in [-0.39, 0.29) is 0 Å². The lowest BCUT2D eigenvalue weighted by molar-refractivity contribution is 0.192. The van der Waals surface area contributed by atoms with Crippen LogP contribution in [0.4, 0.5) is 6.01 Å². The minimum atomic E-state index is 0.321. The highest BCUT2D eigenvalue weighted by atomic mass is 16.5. The van der Waals surface area contributed by atoms with E-state index in [1.54, 1.807) is 0 Å². The fraction of sp³-hybridized carbons (Fsp3) is 0.857. The van der Waals surface area contributed by atoms with Gasteiger partial charge in [-0.15, -0.1) is 0 Å². The Kier molecular flexibility index (Phi) is 3.36. The Bertz CT molecular complexity index is 446. The SMILES string of the molecule is C1C[C@@H](c2noc(N3CCC(NC4CC4)CC3)n2)CO1. The number of piperidine rings is 1. The third-order valence-electron chi connectivity index (χ3n) is 4.54. The molecule has 1 aromatic rings. The van der Waals surface area contributed by atoms with Crippen molar-refractivity contribution in [2.75, 3.05) is 31.2 Å². The Balaban J connectivity index is 1.33. The van der Waals surface area contributed by atoms with E-state index in [0.717, 1.165) is 44.6 Å². The van der Waals surface area contributed by atoms with Crippen LogP contribution in [0, 0.1) is 0 Å². The molecule has 2 aliphatic heterocycles. The molecule has 4 rings (SSSR count). The van der Waals surface area contributed by atoms with E-state index in [4.69, 9.17) is 9.26 Å². The maximum Gasteiger partial charge on any atom is 0.324 e.